The second kappa shape index (κ2) is 7.89. The van der Waals surface area contributed by atoms with E-state index in [1.54, 1.807) is 12.1 Å². The molecule has 6 heteroatoms. The van der Waals surface area contributed by atoms with Crippen LogP contribution in [0.25, 0.3) is 0 Å². The van der Waals surface area contributed by atoms with Gasteiger partial charge < -0.3 is 5.11 Å². The fourth-order valence-corrected chi connectivity index (χ4v) is 3.37. The topological polar surface area (TPSA) is 78.6 Å². The highest BCUT2D eigenvalue weighted by molar-refractivity contribution is 9.10. The Kier molecular flexibility index (Phi) is 6.17. The highest BCUT2D eigenvalue weighted by Crippen LogP contribution is 2.25. The molecule has 1 aromatic rings. The van der Waals surface area contributed by atoms with Crippen LogP contribution in [-0.2, 0) is 6.54 Å². The van der Waals surface area contributed by atoms with Crippen LogP contribution < -0.4 is 11.3 Å². The number of benzene rings is 1. The lowest BCUT2D eigenvalue weighted by Crippen LogP contribution is -2.39. The van der Waals surface area contributed by atoms with E-state index in [1.807, 2.05) is 6.07 Å². The van der Waals surface area contributed by atoms with Crippen molar-refractivity contribution in [3.05, 3.63) is 33.8 Å². The van der Waals surface area contributed by atoms with Crippen molar-refractivity contribution < 1.29 is 9.90 Å². The second-order valence-corrected chi connectivity index (χ2v) is 6.27. The molecule has 4 N–H and O–H groups in total. The molecule has 1 heterocycles. The van der Waals surface area contributed by atoms with Gasteiger partial charge in [0.2, 0.25) is 0 Å². The number of nitrogen functional groups attached to an aromatic ring is 1. The van der Waals surface area contributed by atoms with E-state index in [4.69, 9.17) is 5.84 Å². The molecule has 0 spiro atoms. The molecular weight excluding hydrogens is 334 g/mol. The van der Waals surface area contributed by atoms with Gasteiger partial charge in [-0.3, -0.25) is 15.1 Å². The average molecular weight is 356 g/mol. The molecule has 1 unspecified atom stereocenters. The number of hydrogen-bond donors (Lipinski definition) is 3. The molecule has 0 aliphatic carbocycles. The number of amides is 1. The maximum atomic E-state index is 11.5. The number of nitrogens with two attached hydrogens (primary N) is 1. The van der Waals surface area contributed by atoms with E-state index < -0.39 is 0 Å². The first-order chi connectivity index (χ1) is 10.2. The smallest absolute Gasteiger partial charge is 0.265 e. The van der Waals surface area contributed by atoms with E-state index in [1.165, 1.54) is 12.8 Å². The Balaban J connectivity index is 2.09. The van der Waals surface area contributed by atoms with Crippen molar-refractivity contribution >= 4 is 21.8 Å². The molecule has 1 amide bonds. The van der Waals surface area contributed by atoms with Crippen molar-refractivity contribution in [3.63, 3.8) is 0 Å². The highest BCUT2D eigenvalue weighted by Gasteiger charge is 2.22. The predicted octanol–water partition coefficient (Wildman–Crippen LogP) is 1.79. The summed E-state index contributed by atoms with van der Waals surface area (Å²) in [6.45, 7) is 2.12. The van der Waals surface area contributed by atoms with Crippen molar-refractivity contribution in [3.8, 4) is 0 Å². The summed E-state index contributed by atoms with van der Waals surface area (Å²) in [6.07, 6.45) is 4.41. The summed E-state index contributed by atoms with van der Waals surface area (Å²) in [6, 6.07) is 5.98. The van der Waals surface area contributed by atoms with E-state index in [9.17, 15) is 9.90 Å². The van der Waals surface area contributed by atoms with Crippen molar-refractivity contribution in [1.29, 1.82) is 0 Å². The second-order valence-electron chi connectivity index (χ2n) is 5.41. The van der Waals surface area contributed by atoms with Gasteiger partial charge in [-0.05, 0) is 43.5 Å². The van der Waals surface area contributed by atoms with Crippen LogP contribution in [0.15, 0.2) is 22.7 Å². The zero-order valence-corrected chi connectivity index (χ0v) is 13.6. The zero-order valence-electron chi connectivity index (χ0n) is 12.0. The number of hydrazine groups is 1. The van der Waals surface area contributed by atoms with Crippen LogP contribution in [0.3, 0.4) is 0 Å². The Bertz CT molecular complexity index is 494. The first-order valence-electron chi connectivity index (χ1n) is 7.30. The number of likely N-dealkylation sites (tertiary alicyclic amines) is 1. The molecule has 1 fully saturated rings. The van der Waals surface area contributed by atoms with E-state index in [2.05, 4.69) is 26.3 Å². The van der Waals surface area contributed by atoms with Crippen LogP contribution >= 0.6 is 15.9 Å². The molecule has 1 aliphatic heterocycles. The van der Waals surface area contributed by atoms with E-state index in [0.717, 1.165) is 36.0 Å². The number of piperidine rings is 1. The minimum absolute atomic E-state index is 0.234. The fourth-order valence-electron chi connectivity index (χ4n) is 2.86. The quantitative estimate of drug-likeness (QED) is 0.427. The van der Waals surface area contributed by atoms with E-state index >= 15 is 0 Å². The molecule has 0 saturated carbocycles. The molecule has 1 saturated heterocycles. The van der Waals surface area contributed by atoms with Crippen LogP contribution in [0, 0.1) is 0 Å². The largest absolute Gasteiger partial charge is 0.396 e. The lowest BCUT2D eigenvalue weighted by Gasteiger charge is -2.35. The number of nitrogens with zero attached hydrogens (tertiary/aromatic N) is 1. The average Bonchev–Trinajstić information content (AvgIpc) is 2.50. The Morgan fingerprint density at radius 2 is 2.29 bits per heavy atom. The maximum absolute atomic E-state index is 11.5. The van der Waals surface area contributed by atoms with Crippen LogP contribution in [0.2, 0.25) is 0 Å². The van der Waals surface area contributed by atoms with Gasteiger partial charge in [0.15, 0.2) is 0 Å². The number of rotatable bonds is 5. The molecule has 0 bridgehead atoms. The Morgan fingerprint density at radius 3 is 2.95 bits per heavy atom. The third-order valence-corrected chi connectivity index (χ3v) is 4.77. The summed E-state index contributed by atoms with van der Waals surface area (Å²) in [5, 5.41) is 9.19. The third kappa shape index (κ3) is 4.26. The fraction of sp³-hybridized carbons (Fsp3) is 0.533. The molecule has 116 valence electrons. The van der Waals surface area contributed by atoms with Gasteiger partial charge in [-0.2, -0.15) is 0 Å². The van der Waals surface area contributed by atoms with Gasteiger partial charge in [-0.15, -0.1) is 0 Å². The molecule has 1 atom stereocenters. The summed E-state index contributed by atoms with van der Waals surface area (Å²) in [5.74, 6) is 4.85. The number of carbonyl (C=O) groups is 1. The van der Waals surface area contributed by atoms with Crippen LogP contribution in [-0.4, -0.2) is 35.1 Å². The lowest BCUT2D eigenvalue weighted by atomic mass is 9.98. The Hall–Kier alpha value is -0.950. The standard InChI is InChI=1S/C15H22BrN3O2/c16-14-9-11(15(21)18-17)4-5-12(14)10-19-7-2-1-3-13(19)6-8-20/h4-5,9,13,20H,1-3,6-8,10,17H2,(H,18,21). The molecule has 1 aromatic carbocycles. The number of aliphatic hydroxyl groups is 1. The minimum atomic E-state index is -0.293. The SMILES string of the molecule is NNC(=O)c1ccc(CN2CCCCC2CCO)c(Br)c1. The monoisotopic (exact) mass is 355 g/mol. The van der Waals surface area contributed by atoms with Crippen LogP contribution in [0.4, 0.5) is 0 Å². The molecule has 1 aliphatic rings. The molecule has 0 radical (unpaired) electrons. The van der Waals surface area contributed by atoms with E-state index in [-0.39, 0.29) is 12.5 Å². The maximum Gasteiger partial charge on any atom is 0.265 e. The van der Waals surface area contributed by atoms with Gasteiger partial charge in [0.25, 0.3) is 5.91 Å². The minimum Gasteiger partial charge on any atom is -0.396 e. The van der Waals surface area contributed by atoms with Gasteiger partial charge >= 0.3 is 0 Å². The van der Waals surface area contributed by atoms with Crippen molar-refractivity contribution in [2.75, 3.05) is 13.2 Å². The summed E-state index contributed by atoms with van der Waals surface area (Å²) < 4.78 is 0.914. The number of halogens is 1. The number of aliphatic hydroxyl groups excluding tert-OH is 1. The first-order valence-corrected chi connectivity index (χ1v) is 8.09. The molecule has 21 heavy (non-hydrogen) atoms. The van der Waals surface area contributed by atoms with Crippen molar-refractivity contribution in [1.82, 2.24) is 10.3 Å². The van der Waals surface area contributed by atoms with Gasteiger partial charge in [0.1, 0.15) is 0 Å². The summed E-state index contributed by atoms with van der Waals surface area (Å²) in [5.41, 5.74) is 3.82. The number of nitrogens with one attached hydrogen (secondary N) is 1. The van der Waals surface area contributed by atoms with E-state index in [0.29, 0.717) is 11.6 Å². The zero-order chi connectivity index (χ0) is 15.2. The summed E-state index contributed by atoms with van der Waals surface area (Å²) >= 11 is 3.53. The molecule has 2 rings (SSSR count). The summed E-state index contributed by atoms with van der Waals surface area (Å²) in [4.78, 5) is 13.9. The first kappa shape index (κ1) is 16.4. The van der Waals surface area contributed by atoms with Gasteiger partial charge in [-0.25, -0.2) is 5.84 Å². The molecular formula is C15H22BrN3O2. The normalized spacial score (nSPS) is 19.5. The number of carbonyl (C=O) groups excluding carboxylic acids is 1. The lowest BCUT2D eigenvalue weighted by molar-refractivity contribution is 0.0953. The number of hydrogen-bond acceptors (Lipinski definition) is 4. The van der Waals surface area contributed by atoms with Crippen molar-refractivity contribution in [2.45, 2.75) is 38.3 Å². The van der Waals surface area contributed by atoms with Crippen LogP contribution in [0.1, 0.15) is 41.6 Å². The highest BCUT2D eigenvalue weighted by atomic mass is 79.9. The van der Waals surface area contributed by atoms with Crippen LogP contribution in [0.5, 0.6) is 0 Å². The Morgan fingerprint density at radius 1 is 1.48 bits per heavy atom. The van der Waals surface area contributed by atoms with Gasteiger partial charge in [-0.1, -0.05) is 28.4 Å². The molecule has 0 aromatic heterocycles. The summed E-state index contributed by atoms with van der Waals surface area (Å²) in [7, 11) is 0. The Labute approximate surface area is 133 Å². The van der Waals surface area contributed by atoms with Crippen molar-refractivity contribution in [2.24, 2.45) is 5.84 Å². The molecule has 5 nitrogen and oxygen atoms in total. The van der Waals surface area contributed by atoms with Gasteiger partial charge in [0, 0.05) is 29.2 Å². The van der Waals surface area contributed by atoms with Gasteiger partial charge in [0.05, 0.1) is 0 Å². The predicted molar refractivity (Wildman–Crippen MR) is 85.5 cm³/mol. The third-order valence-electron chi connectivity index (χ3n) is 4.03.